The van der Waals surface area contributed by atoms with Gasteiger partial charge in [-0.2, -0.15) is 0 Å². The van der Waals surface area contributed by atoms with Crippen molar-refractivity contribution in [3.8, 4) is 11.8 Å². The van der Waals surface area contributed by atoms with Gasteiger partial charge in [0.05, 0.1) is 6.54 Å². The molecule has 108 valence electrons. The summed E-state index contributed by atoms with van der Waals surface area (Å²) in [5.74, 6) is 5.27. The van der Waals surface area contributed by atoms with Crippen molar-refractivity contribution in [2.75, 3.05) is 6.54 Å². The molecule has 4 nitrogen and oxygen atoms in total. The van der Waals surface area contributed by atoms with Gasteiger partial charge < -0.3 is 15.8 Å². The van der Waals surface area contributed by atoms with Crippen LogP contribution in [-0.2, 0) is 11.3 Å². The van der Waals surface area contributed by atoms with Crippen molar-refractivity contribution in [3.63, 3.8) is 0 Å². The van der Waals surface area contributed by atoms with Gasteiger partial charge in [-0.05, 0) is 44.5 Å². The Kier molecular flexibility index (Phi) is 5.53. The van der Waals surface area contributed by atoms with Gasteiger partial charge >= 0.3 is 6.09 Å². The Bertz CT molecular complexity index is 539. The number of ether oxygens (including phenoxy) is 1. The van der Waals surface area contributed by atoms with Crippen LogP contribution in [0.25, 0.3) is 0 Å². The predicted octanol–water partition coefficient (Wildman–Crippen LogP) is 2.16. The molecule has 0 atom stereocenters. The number of amides is 1. The Balaban J connectivity index is 2.57. The minimum atomic E-state index is -0.540. The Morgan fingerprint density at radius 2 is 2.15 bits per heavy atom. The number of hydrogen-bond acceptors (Lipinski definition) is 3. The van der Waals surface area contributed by atoms with Crippen LogP contribution in [-0.4, -0.2) is 18.2 Å². The Morgan fingerprint density at radius 3 is 2.75 bits per heavy atom. The van der Waals surface area contributed by atoms with Crippen molar-refractivity contribution in [2.45, 2.75) is 32.9 Å². The third-order valence-electron chi connectivity index (χ3n) is 2.23. The summed E-state index contributed by atoms with van der Waals surface area (Å²) in [7, 11) is 0. The Morgan fingerprint density at radius 1 is 1.45 bits per heavy atom. The molecule has 1 aromatic carbocycles. The molecule has 0 aliphatic heterocycles. The molecule has 0 aromatic heterocycles. The second-order valence-corrected chi connectivity index (χ2v) is 5.16. The predicted molar refractivity (Wildman–Crippen MR) is 75.4 cm³/mol. The average molecular weight is 278 g/mol. The fourth-order valence-electron chi connectivity index (χ4n) is 1.42. The highest BCUT2D eigenvalue weighted by molar-refractivity contribution is 5.68. The van der Waals surface area contributed by atoms with E-state index in [4.69, 9.17) is 10.5 Å². The first-order valence-electron chi connectivity index (χ1n) is 6.26. The van der Waals surface area contributed by atoms with Crippen LogP contribution in [0, 0.1) is 17.7 Å². The summed E-state index contributed by atoms with van der Waals surface area (Å²) in [6.07, 6.45) is -0.523. The van der Waals surface area contributed by atoms with E-state index in [0.29, 0.717) is 11.1 Å². The van der Waals surface area contributed by atoms with Crippen LogP contribution in [0.15, 0.2) is 18.2 Å². The third kappa shape index (κ3) is 5.72. The molecule has 0 saturated heterocycles. The number of rotatable bonds is 2. The zero-order valence-electron chi connectivity index (χ0n) is 11.9. The lowest BCUT2D eigenvalue weighted by Gasteiger charge is -2.19. The average Bonchev–Trinajstić information content (AvgIpc) is 2.33. The van der Waals surface area contributed by atoms with Crippen LogP contribution in [0.3, 0.4) is 0 Å². The topological polar surface area (TPSA) is 64.3 Å². The van der Waals surface area contributed by atoms with Crippen molar-refractivity contribution >= 4 is 6.09 Å². The van der Waals surface area contributed by atoms with E-state index < -0.39 is 11.7 Å². The van der Waals surface area contributed by atoms with Crippen molar-refractivity contribution in [3.05, 3.63) is 35.1 Å². The van der Waals surface area contributed by atoms with Gasteiger partial charge in [-0.1, -0.05) is 11.8 Å². The molecule has 0 radical (unpaired) electrons. The number of alkyl carbamates (subject to hydrolysis) is 1. The van der Waals surface area contributed by atoms with Gasteiger partial charge in [0, 0.05) is 12.1 Å². The number of carbonyl (C=O) groups is 1. The molecule has 0 bridgehead atoms. The lowest BCUT2D eigenvalue weighted by Crippen LogP contribution is -2.32. The first-order chi connectivity index (χ1) is 9.31. The standard InChI is InChI=1S/C15H19FN2O2/c1-15(2,3)20-14(19)18-8-4-5-11-6-7-13(16)9-12(11)10-17/h6-7,9H,8,10,17H2,1-3H3,(H,18,19). The van der Waals surface area contributed by atoms with Gasteiger partial charge in [-0.15, -0.1) is 0 Å². The van der Waals surface area contributed by atoms with Crippen LogP contribution in [0.4, 0.5) is 9.18 Å². The fourth-order valence-corrected chi connectivity index (χ4v) is 1.42. The fraction of sp³-hybridized carbons (Fsp3) is 0.400. The van der Waals surface area contributed by atoms with Crippen LogP contribution in [0.1, 0.15) is 31.9 Å². The summed E-state index contributed by atoms with van der Waals surface area (Å²) in [6.45, 7) is 5.70. The van der Waals surface area contributed by atoms with Crippen LogP contribution < -0.4 is 11.1 Å². The van der Waals surface area contributed by atoms with E-state index in [0.717, 1.165) is 0 Å². The number of benzene rings is 1. The van der Waals surface area contributed by atoms with Gasteiger partial charge in [0.25, 0.3) is 0 Å². The molecular weight excluding hydrogens is 259 g/mol. The Hall–Kier alpha value is -2.06. The highest BCUT2D eigenvalue weighted by Gasteiger charge is 2.14. The lowest BCUT2D eigenvalue weighted by atomic mass is 10.1. The number of hydrogen-bond donors (Lipinski definition) is 2. The van der Waals surface area contributed by atoms with Gasteiger partial charge in [-0.25, -0.2) is 9.18 Å². The molecule has 1 amide bonds. The summed E-state index contributed by atoms with van der Waals surface area (Å²) in [6, 6.07) is 4.24. The monoisotopic (exact) mass is 278 g/mol. The Labute approximate surface area is 118 Å². The van der Waals surface area contributed by atoms with E-state index >= 15 is 0 Å². The van der Waals surface area contributed by atoms with Gasteiger partial charge in [-0.3, -0.25) is 0 Å². The molecule has 1 aromatic rings. The normalized spacial score (nSPS) is 10.4. The summed E-state index contributed by atoms with van der Waals surface area (Å²) in [5, 5.41) is 2.52. The molecule has 0 aliphatic rings. The highest BCUT2D eigenvalue weighted by atomic mass is 19.1. The van der Waals surface area contributed by atoms with E-state index in [2.05, 4.69) is 17.2 Å². The van der Waals surface area contributed by atoms with Gasteiger partial charge in [0.15, 0.2) is 0 Å². The van der Waals surface area contributed by atoms with E-state index in [-0.39, 0.29) is 18.9 Å². The molecule has 20 heavy (non-hydrogen) atoms. The molecule has 0 unspecified atom stereocenters. The van der Waals surface area contributed by atoms with Gasteiger partial charge in [0.2, 0.25) is 0 Å². The minimum absolute atomic E-state index is 0.149. The van der Waals surface area contributed by atoms with Gasteiger partial charge in [0.1, 0.15) is 11.4 Å². The quantitative estimate of drug-likeness (QED) is 0.815. The molecule has 0 aliphatic carbocycles. The van der Waals surface area contributed by atoms with E-state index in [1.807, 2.05) is 0 Å². The molecule has 0 heterocycles. The molecule has 1 rings (SSSR count). The van der Waals surface area contributed by atoms with Crippen molar-refractivity contribution in [1.29, 1.82) is 0 Å². The number of halogens is 1. The molecule has 5 heteroatoms. The molecule has 0 spiro atoms. The van der Waals surface area contributed by atoms with Crippen molar-refractivity contribution in [1.82, 2.24) is 5.32 Å². The zero-order chi connectivity index (χ0) is 15.2. The number of nitrogens with two attached hydrogens (primary N) is 1. The van der Waals surface area contributed by atoms with Crippen molar-refractivity contribution in [2.24, 2.45) is 5.73 Å². The molecule has 3 N–H and O–H groups in total. The summed E-state index contributed by atoms with van der Waals surface area (Å²) < 4.78 is 18.1. The third-order valence-corrected chi connectivity index (χ3v) is 2.23. The van der Waals surface area contributed by atoms with E-state index in [1.54, 1.807) is 26.8 Å². The van der Waals surface area contributed by atoms with Crippen LogP contribution in [0.5, 0.6) is 0 Å². The second kappa shape index (κ2) is 6.92. The second-order valence-electron chi connectivity index (χ2n) is 5.16. The summed E-state index contributed by atoms with van der Waals surface area (Å²) in [5.41, 5.74) is 6.26. The zero-order valence-corrected chi connectivity index (χ0v) is 11.9. The lowest BCUT2D eigenvalue weighted by molar-refractivity contribution is 0.0535. The smallest absolute Gasteiger partial charge is 0.408 e. The first-order valence-corrected chi connectivity index (χ1v) is 6.26. The maximum atomic E-state index is 13.0. The highest BCUT2D eigenvalue weighted by Crippen LogP contribution is 2.09. The molecular formula is C15H19FN2O2. The summed E-state index contributed by atoms with van der Waals surface area (Å²) >= 11 is 0. The van der Waals surface area contributed by atoms with Crippen molar-refractivity contribution < 1.29 is 13.9 Å². The SMILES string of the molecule is CC(C)(C)OC(=O)NCC#Cc1ccc(F)cc1CN. The maximum absolute atomic E-state index is 13.0. The van der Waals surface area contributed by atoms with Crippen LogP contribution >= 0.6 is 0 Å². The largest absolute Gasteiger partial charge is 0.444 e. The minimum Gasteiger partial charge on any atom is -0.444 e. The van der Waals surface area contributed by atoms with E-state index in [9.17, 15) is 9.18 Å². The summed E-state index contributed by atoms with van der Waals surface area (Å²) in [4.78, 5) is 11.4. The molecule has 0 fully saturated rings. The van der Waals surface area contributed by atoms with E-state index in [1.165, 1.54) is 12.1 Å². The number of nitrogens with one attached hydrogen (secondary N) is 1. The maximum Gasteiger partial charge on any atom is 0.408 e. The van der Waals surface area contributed by atoms with Crippen LogP contribution in [0.2, 0.25) is 0 Å². The number of carbonyl (C=O) groups excluding carboxylic acids is 1. The first kappa shape index (κ1) is 16.0. The molecule has 0 saturated carbocycles.